The smallest absolute Gasteiger partial charge is 0.290 e. The van der Waals surface area contributed by atoms with Crippen LogP contribution in [0.1, 0.15) is 75.8 Å². The Balaban J connectivity index is 1.61. The first-order valence-corrected chi connectivity index (χ1v) is 11.2. The van der Waals surface area contributed by atoms with Gasteiger partial charge >= 0.3 is 0 Å². The van der Waals surface area contributed by atoms with E-state index in [1.54, 1.807) is 0 Å². The lowest BCUT2D eigenvalue weighted by Gasteiger charge is -2.30. The highest BCUT2D eigenvalue weighted by molar-refractivity contribution is 6.42. The van der Waals surface area contributed by atoms with Crippen molar-refractivity contribution in [2.45, 2.75) is 70.8 Å². The number of ketones is 1. The summed E-state index contributed by atoms with van der Waals surface area (Å²) in [4.78, 5) is 28.6. The molecule has 1 saturated carbocycles. The van der Waals surface area contributed by atoms with E-state index in [1.165, 1.54) is 11.1 Å². The van der Waals surface area contributed by atoms with Crippen molar-refractivity contribution in [2.75, 3.05) is 11.9 Å². The zero-order valence-electron chi connectivity index (χ0n) is 18.3. The van der Waals surface area contributed by atoms with Crippen molar-refractivity contribution in [3.63, 3.8) is 0 Å². The first-order chi connectivity index (χ1) is 14.8. The maximum atomic E-state index is 12.8. The van der Waals surface area contributed by atoms with Gasteiger partial charge in [0.2, 0.25) is 0 Å². The number of Topliss-reactive ketones (excluding diaryl/α,β-unsaturated/α-hetero) is 1. The van der Waals surface area contributed by atoms with Gasteiger partial charge in [-0.25, -0.2) is 0 Å². The van der Waals surface area contributed by atoms with Crippen LogP contribution >= 0.6 is 0 Å². The minimum Gasteiger partial charge on any atom is -0.349 e. The van der Waals surface area contributed by atoms with E-state index in [0.29, 0.717) is 36.5 Å². The molecule has 1 aromatic rings. The van der Waals surface area contributed by atoms with E-state index < -0.39 is 6.04 Å². The molecule has 1 atom stereocenters. The van der Waals surface area contributed by atoms with Gasteiger partial charge in [0, 0.05) is 24.1 Å². The number of aliphatic imine (C=N–C) groups is 1. The molecule has 1 heterocycles. The van der Waals surface area contributed by atoms with E-state index in [1.807, 2.05) is 6.07 Å². The van der Waals surface area contributed by atoms with Crippen LogP contribution < -0.4 is 10.6 Å². The van der Waals surface area contributed by atoms with Gasteiger partial charge in [0.1, 0.15) is 11.8 Å². The van der Waals surface area contributed by atoms with Crippen molar-refractivity contribution in [2.24, 2.45) is 10.4 Å². The molecule has 162 valence electrons. The summed E-state index contributed by atoms with van der Waals surface area (Å²) in [5.74, 6) is 0.648. The maximum Gasteiger partial charge on any atom is 0.290 e. The van der Waals surface area contributed by atoms with Gasteiger partial charge in [0.15, 0.2) is 5.84 Å². The van der Waals surface area contributed by atoms with E-state index in [9.17, 15) is 9.59 Å². The molecule has 0 saturated heterocycles. The number of rotatable bonds is 4. The van der Waals surface area contributed by atoms with Crippen molar-refractivity contribution < 1.29 is 9.59 Å². The Bertz CT molecular complexity index is 989. The van der Waals surface area contributed by atoms with Crippen molar-refractivity contribution in [3.05, 3.63) is 35.4 Å². The number of carbonyl (C=O) groups is 2. The molecule has 1 unspecified atom stereocenters. The average Bonchev–Trinajstić information content (AvgIpc) is 3.24. The molecule has 2 aliphatic carbocycles. The first kappa shape index (κ1) is 21.3. The Hall–Kier alpha value is -2.94. The summed E-state index contributed by atoms with van der Waals surface area (Å²) in [7, 11) is 0. The number of hydrogen-bond donors (Lipinski definition) is 2. The van der Waals surface area contributed by atoms with Gasteiger partial charge in [-0.15, -0.1) is 0 Å². The van der Waals surface area contributed by atoms with Gasteiger partial charge in [-0.2, -0.15) is 5.26 Å². The van der Waals surface area contributed by atoms with E-state index in [0.717, 1.165) is 43.4 Å². The third-order valence-corrected chi connectivity index (χ3v) is 6.74. The SMILES string of the molecule is CC1(C)CC=C(c2cc(C3CCC(=O)CC3)ccc2NC(=O)C2=NCC(C#N)N2)CC1. The van der Waals surface area contributed by atoms with Gasteiger partial charge in [0.05, 0.1) is 12.6 Å². The number of nitrogens with one attached hydrogen (secondary N) is 2. The van der Waals surface area contributed by atoms with Crippen molar-refractivity contribution in [1.29, 1.82) is 5.26 Å². The topological polar surface area (TPSA) is 94.3 Å². The van der Waals surface area contributed by atoms with E-state index in [2.05, 4.69) is 53.8 Å². The van der Waals surface area contributed by atoms with Gasteiger partial charge in [-0.1, -0.05) is 26.0 Å². The normalized spacial score (nSPS) is 23.4. The minimum absolute atomic E-state index is 0.214. The van der Waals surface area contributed by atoms with Crippen molar-refractivity contribution in [1.82, 2.24) is 5.32 Å². The number of benzene rings is 1. The Morgan fingerprint density at radius 3 is 2.68 bits per heavy atom. The van der Waals surface area contributed by atoms with Crippen LogP contribution in [-0.2, 0) is 9.59 Å². The molecule has 6 nitrogen and oxygen atoms in total. The lowest BCUT2D eigenvalue weighted by molar-refractivity contribution is -0.120. The molecule has 1 aliphatic heterocycles. The summed E-state index contributed by atoms with van der Waals surface area (Å²) in [5.41, 5.74) is 4.64. The largest absolute Gasteiger partial charge is 0.349 e. The quantitative estimate of drug-likeness (QED) is 0.760. The molecule has 3 aliphatic rings. The number of amides is 1. The molecule has 2 N–H and O–H groups in total. The Labute approximate surface area is 183 Å². The number of carbonyl (C=O) groups excluding carboxylic acids is 2. The second kappa shape index (κ2) is 8.66. The van der Waals surface area contributed by atoms with Crippen LogP contribution in [0, 0.1) is 16.7 Å². The highest BCUT2D eigenvalue weighted by Crippen LogP contribution is 2.41. The molecular formula is C25H30N4O2. The number of hydrogen-bond acceptors (Lipinski definition) is 5. The summed E-state index contributed by atoms with van der Waals surface area (Å²) in [6.45, 7) is 4.87. The highest BCUT2D eigenvalue weighted by Gasteiger charge is 2.27. The van der Waals surface area contributed by atoms with Crippen LogP contribution in [0.5, 0.6) is 0 Å². The van der Waals surface area contributed by atoms with Crippen LogP contribution in [0.15, 0.2) is 29.3 Å². The van der Waals surface area contributed by atoms with Crippen LogP contribution in [0.2, 0.25) is 0 Å². The van der Waals surface area contributed by atoms with Gasteiger partial charge in [-0.3, -0.25) is 14.6 Å². The fourth-order valence-corrected chi connectivity index (χ4v) is 4.62. The maximum absolute atomic E-state index is 12.8. The van der Waals surface area contributed by atoms with Gasteiger partial charge in [-0.05, 0) is 66.7 Å². The number of anilines is 1. The summed E-state index contributed by atoms with van der Waals surface area (Å²) in [5, 5.41) is 14.9. The summed E-state index contributed by atoms with van der Waals surface area (Å²) in [6.07, 6.45) is 8.49. The second-order valence-corrected chi connectivity index (χ2v) is 9.69. The predicted octanol–water partition coefficient (Wildman–Crippen LogP) is 4.34. The second-order valence-electron chi connectivity index (χ2n) is 9.69. The fraction of sp³-hybridized carbons (Fsp3) is 0.520. The van der Waals surface area contributed by atoms with Crippen molar-refractivity contribution in [3.8, 4) is 6.07 Å². The van der Waals surface area contributed by atoms with Crippen LogP contribution in [0.3, 0.4) is 0 Å². The molecule has 1 fully saturated rings. The van der Waals surface area contributed by atoms with E-state index in [4.69, 9.17) is 5.26 Å². The zero-order valence-corrected chi connectivity index (χ0v) is 18.3. The van der Waals surface area contributed by atoms with Crippen LogP contribution in [0.4, 0.5) is 5.69 Å². The molecule has 1 amide bonds. The molecule has 0 aromatic heterocycles. The summed E-state index contributed by atoms with van der Waals surface area (Å²) >= 11 is 0. The summed E-state index contributed by atoms with van der Waals surface area (Å²) < 4.78 is 0. The third-order valence-electron chi connectivity index (χ3n) is 6.74. The first-order valence-electron chi connectivity index (χ1n) is 11.2. The molecule has 31 heavy (non-hydrogen) atoms. The number of allylic oxidation sites excluding steroid dienone is 2. The highest BCUT2D eigenvalue weighted by atomic mass is 16.2. The molecule has 0 spiro atoms. The predicted molar refractivity (Wildman–Crippen MR) is 122 cm³/mol. The van der Waals surface area contributed by atoms with Gasteiger partial charge in [0.25, 0.3) is 5.91 Å². The summed E-state index contributed by atoms with van der Waals surface area (Å²) in [6, 6.07) is 7.92. The monoisotopic (exact) mass is 418 g/mol. The molecule has 0 radical (unpaired) electrons. The molecule has 6 heteroatoms. The molecule has 0 bridgehead atoms. The number of nitrogens with zero attached hydrogens (tertiary/aromatic N) is 2. The minimum atomic E-state index is -0.445. The van der Waals surface area contributed by atoms with Gasteiger partial charge < -0.3 is 10.6 Å². The molecular weight excluding hydrogens is 388 g/mol. The van der Waals surface area contributed by atoms with Crippen LogP contribution in [0.25, 0.3) is 5.57 Å². The zero-order chi connectivity index (χ0) is 22.0. The Kier molecular flexibility index (Phi) is 5.95. The average molecular weight is 419 g/mol. The van der Waals surface area contributed by atoms with E-state index >= 15 is 0 Å². The third kappa shape index (κ3) is 4.87. The number of nitriles is 1. The Morgan fingerprint density at radius 2 is 2.03 bits per heavy atom. The Morgan fingerprint density at radius 1 is 1.26 bits per heavy atom. The fourth-order valence-electron chi connectivity index (χ4n) is 4.62. The lowest BCUT2D eigenvalue weighted by atomic mass is 9.76. The standard InChI is InChI=1S/C25H30N4O2/c1-25(2)11-9-17(10-12-25)21-13-18(16-3-6-20(30)7-4-16)5-8-22(21)29-24(31)23-27-15-19(14-26)28-23/h5,8-9,13,16,19H,3-4,6-7,10-12,15H2,1-2H3,(H,27,28)(H,29,31). The lowest BCUT2D eigenvalue weighted by Crippen LogP contribution is -2.37. The molecule has 4 rings (SSSR count). The number of amidine groups is 1. The van der Waals surface area contributed by atoms with Crippen molar-refractivity contribution >= 4 is 28.8 Å². The van der Waals surface area contributed by atoms with Crippen LogP contribution in [-0.4, -0.2) is 30.1 Å². The molecule has 1 aromatic carbocycles. The van der Waals surface area contributed by atoms with E-state index in [-0.39, 0.29) is 11.7 Å².